The molecule has 1 fully saturated rings. The third-order valence-electron chi connectivity index (χ3n) is 4.61. The zero-order valence-electron chi connectivity index (χ0n) is 14.8. The predicted molar refractivity (Wildman–Crippen MR) is 90.0 cm³/mol. The van der Waals surface area contributed by atoms with Gasteiger partial charge in [0.2, 0.25) is 0 Å². The van der Waals surface area contributed by atoms with Crippen molar-refractivity contribution in [2.45, 2.75) is 71.8 Å². The predicted octanol–water partition coefficient (Wildman–Crippen LogP) is 3.97. The number of amides is 1. The van der Waals surface area contributed by atoms with Gasteiger partial charge in [-0.15, -0.1) is 0 Å². The summed E-state index contributed by atoms with van der Waals surface area (Å²) in [6.45, 7) is 9.64. The second-order valence-electron chi connectivity index (χ2n) is 7.36. The van der Waals surface area contributed by atoms with E-state index in [4.69, 9.17) is 0 Å². The molecule has 0 spiro atoms. The summed E-state index contributed by atoms with van der Waals surface area (Å²) in [4.78, 5) is 15.1. The van der Waals surface area contributed by atoms with Crippen molar-refractivity contribution in [1.82, 2.24) is 14.7 Å². The standard InChI is InChI=1S/C18H31N3O/c1-13(2)11-15-9-7-6-8-10-21(15)18(22)16-12-17(14(3)4)20(5)19-16/h12-15H,6-11H2,1-5H3. The van der Waals surface area contributed by atoms with E-state index in [2.05, 4.69) is 37.7 Å². The molecule has 0 radical (unpaired) electrons. The van der Waals surface area contributed by atoms with Gasteiger partial charge in [-0.3, -0.25) is 9.48 Å². The molecule has 1 amide bonds. The Bertz CT molecular complexity index is 504. The number of carbonyl (C=O) groups excluding carboxylic acids is 1. The van der Waals surface area contributed by atoms with Crippen LogP contribution in [0.3, 0.4) is 0 Å². The average molecular weight is 305 g/mol. The molecule has 0 saturated carbocycles. The van der Waals surface area contributed by atoms with E-state index in [1.54, 1.807) is 0 Å². The molecule has 0 N–H and O–H groups in total. The smallest absolute Gasteiger partial charge is 0.274 e. The van der Waals surface area contributed by atoms with E-state index in [-0.39, 0.29) is 5.91 Å². The molecule has 22 heavy (non-hydrogen) atoms. The summed E-state index contributed by atoms with van der Waals surface area (Å²) in [5, 5.41) is 4.48. The van der Waals surface area contributed by atoms with Crippen molar-refractivity contribution in [1.29, 1.82) is 0 Å². The number of hydrogen-bond acceptors (Lipinski definition) is 2. The molecule has 0 aromatic carbocycles. The molecule has 1 unspecified atom stereocenters. The molecule has 1 aliphatic heterocycles. The first kappa shape index (κ1) is 17.0. The maximum atomic E-state index is 13.0. The topological polar surface area (TPSA) is 38.1 Å². The van der Waals surface area contributed by atoms with Gasteiger partial charge in [0, 0.05) is 25.3 Å². The third-order valence-corrected chi connectivity index (χ3v) is 4.61. The summed E-state index contributed by atoms with van der Waals surface area (Å²) in [6, 6.07) is 2.35. The molecule has 4 nitrogen and oxygen atoms in total. The maximum absolute atomic E-state index is 13.0. The largest absolute Gasteiger partial charge is 0.334 e. The van der Waals surface area contributed by atoms with E-state index < -0.39 is 0 Å². The van der Waals surface area contributed by atoms with Gasteiger partial charge in [0.1, 0.15) is 0 Å². The zero-order chi connectivity index (χ0) is 16.3. The Balaban J connectivity index is 2.22. The normalized spacial score (nSPS) is 19.8. The molecule has 2 rings (SSSR count). The average Bonchev–Trinajstić information content (AvgIpc) is 2.68. The highest BCUT2D eigenvalue weighted by molar-refractivity contribution is 5.92. The highest BCUT2D eigenvalue weighted by atomic mass is 16.2. The maximum Gasteiger partial charge on any atom is 0.274 e. The summed E-state index contributed by atoms with van der Waals surface area (Å²) in [6.07, 6.45) is 5.81. The Morgan fingerprint density at radius 3 is 2.59 bits per heavy atom. The van der Waals surface area contributed by atoms with Crippen molar-refractivity contribution in [2.24, 2.45) is 13.0 Å². The highest BCUT2D eigenvalue weighted by Crippen LogP contribution is 2.25. The second kappa shape index (κ2) is 7.30. The number of likely N-dealkylation sites (tertiary alicyclic amines) is 1. The number of rotatable bonds is 4. The zero-order valence-corrected chi connectivity index (χ0v) is 14.8. The summed E-state index contributed by atoms with van der Waals surface area (Å²) in [7, 11) is 1.93. The first-order valence-electron chi connectivity index (χ1n) is 8.75. The Labute approximate surface area is 134 Å². The number of hydrogen-bond donors (Lipinski definition) is 0. The molecule has 2 heterocycles. The number of aryl methyl sites for hydroxylation is 1. The van der Waals surface area contributed by atoms with Crippen molar-refractivity contribution < 1.29 is 4.79 Å². The summed E-state index contributed by atoms with van der Waals surface area (Å²) in [5.74, 6) is 1.12. The second-order valence-corrected chi connectivity index (χ2v) is 7.36. The first-order chi connectivity index (χ1) is 10.4. The van der Waals surface area contributed by atoms with Crippen molar-refractivity contribution in [2.75, 3.05) is 6.54 Å². The molecular formula is C18H31N3O. The molecular weight excluding hydrogens is 274 g/mol. The highest BCUT2D eigenvalue weighted by Gasteiger charge is 2.28. The van der Waals surface area contributed by atoms with E-state index in [0.717, 1.165) is 31.5 Å². The lowest BCUT2D eigenvalue weighted by Crippen LogP contribution is -2.41. The Hall–Kier alpha value is -1.32. The quantitative estimate of drug-likeness (QED) is 0.844. The molecule has 1 atom stereocenters. The number of carbonyl (C=O) groups is 1. The fraction of sp³-hybridized carbons (Fsp3) is 0.778. The van der Waals surface area contributed by atoms with Gasteiger partial charge < -0.3 is 4.90 Å². The van der Waals surface area contributed by atoms with Gasteiger partial charge in [0.15, 0.2) is 5.69 Å². The number of aromatic nitrogens is 2. The van der Waals surface area contributed by atoms with Crippen LogP contribution >= 0.6 is 0 Å². The van der Waals surface area contributed by atoms with Gasteiger partial charge in [-0.1, -0.05) is 40.5 Å². The van der Waals surface area contributed by atoms with E-state index >= 15 is 0 Å². The Morgan fingerprint density at radius 2 is 2.00 bits per heavy atom. The molecule has 1 aromatic rings. The lowest BCUT2D eigenvalue weighted by atomic mass is 9.98. The third kappa shape index (κ3) is 3.90. The Kier molecular flexibility index (Phi) is 5.65. The Morgan fingerprint density at radius 1 is 1.27 bits per heavy atom. The summed E-state index contributed by atoms with van der Waals surface area (Å²) < 4.78 is 1.85. The van der Waals surface area contributed by atoms with Crippen LogP contribution in [0.15, 0.2) is 6.07 Å². The minimum Gasteiger partial charge on any atom is -0.334 e. The molecule has 1 saturated heterocycles. The molecule has 1 aliphatic rings. The SMILES string of the molecule is CC(C)CC1CCCCCN1C(=O)c1cc(C(C)C)n(C)n1. The van der Waals surface area contributed by atoms with Crippen LogP contribution in [0.5, 0.6) is 0 Å². The fourth-order valence-electron chi connectivity index (χ4n) is 3.51. The van der Waals surface area contributed by atoms with E-state index in [0.29, 0.717) is 23.6 Å². The van der Waals surface area contributed by atoms with Crippen LogP contribution in [0.4, 0.5) is 0 Å². The van der Waals surface area contributed by atoms with Gasteiger partial charge in [0.25, 0.3) is 5.91 Å². The van der Waals surface area contributed by atoms with E-state index in [1.807, 2.05) is 17.8 Å². The van der Waals surface area contributed by atoms with Gasteiger partial charge in [-0.05, 0) is 37.2 Å². The van der Waals surface area contributed by atoms with Crippen LogP contribution in [0.1, 0.15) is 81.9 Å². The minimum absolute atomic E-state index is 0.120. The van der Waals surface area contributed by atoms with Crippen molar-refractivity contribution in [3.05, 3.63) is 17.5 Å². The van der Waals surface area contributed by atoms with Crippen molar-refractivity contribution in [3.8, 4) is 0 Å². The van der Waals surface area contributed by atoms with Gasteiger partial charge >= 0.3 is 0 Å². The van der Waals surface area contributed by atoms with Crippen molar-refractivity contribution in [3.63, 3.8) is 0 Å². The van der Waals surface area contributed by atoms with Crippen molar-refractivity contribution >= 4 is 5.91 Å². The monoisotopic (exact) mass is 305 g/mol. The summed E-state index contributed by atoms with van der Waals surface area (Å²) >= 11 is 0. The van der Waals surface area contributed by atoms with E-state index in [9.17, 15) is 4.79 Å². The van der Waals surface area contributed by atoms with Crippen LogP contribution in [0.25, 0.3) is 0 Å². The van der Waals surface area contributed by atoms with Crippen LogP contribution in [-0.4, -0.2) is 33.2 Å². The summed E-state index contributed by atoms with van der Waals surface area (Å²) in [5.41, 5.74) is 1.74. The molecule has 1 aromatic heterocycles. The number of nitrogens with zero attached hydrogens (tertiary/aromatic N) is 3. The van der Waals surface area contributed by atoms with Crippen LogP contribution in [0, 0.1) is 5.92 Å². The van der Waals surface area contributed by atoms with Crippen LogP contribution in [-0.2, 0) is 7.05 Å². The molecule has 124 valence electrons. The molecule has 4 heteroatoms. The van der Waals surface area contributed by atoms with E-state index in [1.165, 1.54) is 12.8 Å². The molecule has 0 aliphatic carbocycles. The van der Waals surface area contributed by atoms with Crippen LogP contribution in [0.2, 0.25) is 0 Å². The lowest BCUT2D eigenvalue weighted by Gasteiger charge is -2.30. The lowest BCUT2D eigenvalue weighted by molar-refractivity contribution is 0.0654. The van der Waals surface area contributed by atoms with Gasteiger partial charge in [-0.25, -0.2) is 0 Å². The fourth-order valence-corrected chi connectivity index (χ4v) is 3.51. The van der Waals surface area contributed by atoms with Gasteiger partial charge in [0.05, 0.1) is 0 Å². The van der Waals surface area contributed by atoms with Gasteiger partial charge in [-0.2, -0.15) is 5.10 Å². The molecule has 0 bridgehead atoms. The minimum atomic E-state index is 0.120. The first-order valence-corrected chi connectivity index (χ1v) is 8.75. The van der Waals surface area contributed by atoms with Crippen LogP contribution < -0.4 is 0 Å².